The van der Waals surface area contributed by atoms with Gasteiger partial charge >= 0.3 is 0 Å². The highest BCUT2D eigenvalue weighted by atomic mass is 35.5. The lowest BCUT2D eigenvalue weighted by Crippen LogP contribution is -2.45. The van der Waals surface area contributed by atoms with Crippen molar-refractivity contribution in [1.29, 1.82) is 0 Å². The van der Waals surface area contributed by atoms with Crippen LogP contribution in [0.15, 0.2) is 0 Å². The third-order valence-corrected chi connectivity index (χ3v) is 4.67. The van der Waals surface area contributed by atoms with E-state index >= 15 is 0 Å². The van der Waals surface area contributed by atoms with E-state index in [-0.39, 0.29) is 30.3 Å². The van der Waals surface area contributed by atoms with Gasteiger partial charge in [-0.25, -0.2) is 0 Å². The molecule has 5 heteroatoms. The monoisotopic (exact) mass is 304 g/mol. The van der Waals surface area contributed by atoms with Crippen molar-refractivity contribution < 1.29 is 9.90 Å². The molecule has 20 heavy (non-hydrogen) atoms. The van der Waals surface area contributed by atoms with Gasteiger partial charge in [-0.05, 0) is 45.1 Å². The van der Waals surface area contributed by atoms with E-state index in [4.69, 9.17) is 0 Å². The minimum absolute atomic E-state index is 0. The van der Waals surface area contributed by atoms with Gasteiger partial charge < -0.3 is 15.7 Å². The van der Waals surface area contributed by atoms with Crippen LogP contribution in [-0.4, -0.2) is 36.2 Å². The van der Waals surface area contributed by atoms with Gasteiger partial charge in [-0.15, -0.1) is 12.4 Å². The molecule has 4 nitrogen and oxygen atoms in total. The molecule has 1 aliphatic carbocycles. The van der Waals surface area contributed by atoms with Gasteiger partial charge in [0.1, 0.15) is 0 Å². The molecule has 2 rings (SSSR count). The number of carbonyl (C=O) groups is 1. The molecule has 0 aromatic heterocycles. The zero-order valence-corrected chi connectivity index (χ0v) is 13.3. The second kappa shape index (κ2) is 8.85. The zero-order chi connectivity index (χ0) is 13.7. The Labute approximate surface area is 128 Å². The maximum absolute atomic E-state index is 12.1. The molecule has 0 aromatic carbocycles. The van der Waals surface area contributed by atoms with Gasteiger partial charge in [0, 0.05) is 18.5 Å². The quantitative estimate of drug-likeness (QED) is 0.743. The van der Waals surface area contributed by atoms with E-state index in [9.17, 15) is 9.90 Å². The summed E-state index contributed by atoms with van der Waals surface area (Å²) in [7, 11) is 0. The molecule has 0 radical (unpaired) electrons. The van der Waals surface area contributed by atoms with Crippen LogP contribution in [0.1, 0.15) is 51.9 Å². The lowest BCUT2D eigenvalue weighted by atomic mass is 9.85. The standard InChI is InChI=1S/C15H28N2O2.ClH/c1-11-9-13(7-8-16-11)15(19)17-10-14(18)12-5-3-2-4-6-12;/h11-14,16,18H,2-10H2,1H3,(H,17,19);1H/t11-,13-,14?;/m0./s1. The van der Waals surface area contributed by atoms with Crippen molar-refractivity contribution in [1.82, 2.24) is 10.6 Å². The molecule has 1 aliphatic heterocycles. The van der Waals surface area contributed by atoms with E-state index in [0.29, 0.717) is 18.5 Å². The van der Waals surface area contributed by atoms with E-state index in [1.807, 2.05) is 0 Å². The smallest absolute Gasteiger partial charge is 0.223 e. The van der Waals surface area contributed by atoms with Crippen LogP contribution in [0.25, 0.3) is 0 Å². The van der Waals surface area contributed by atoms with Crippen LogP contribution in [0.5, 0.6) is 0 Å². The van der Waals surface area contributed by atoms with Gasteiger partial charge in [0.25, 0.3) is 0 Å². The summed E-state index contributed by atoms with van der Waals surface area (Å²) in [6, 6.07) is 0.424. The molecule has 1 saturated heterocycles. The molecule has 0 spiro atoms. The lowest BCUT2D eigenvalue weighted by molar-refractivity contribution is -0.126. The molecule has 0 aromatic rings. The number of aliphatic hydroxyl groups is 1. The first kappa shape index (κ1) is 17.7. The molecule has 118 valence electrons. The predicted molar refractivity (Wildman–Crippen MR) is 83.0 cm³/mol. The van der Waals surface area contributed by atoms with Gasteiger partial charge in [0.15, 0.2) is 0 Å². The van der Waals surface area contributed by atoms with Crippen molar-refractivity contribution in [3.63, 3.8) is 0 Å². The molecule has 0 bridgehead atoms. The summed E-state index contributed by atoms with van der Waals surface area (Å²) in [5, 5.41) is 16.5. The number of carbonyl (C=O) groups excluding carboxylic acids is 1. The largest absolute Gasteiger partial charge is 0.391 e. The van der Waals surface area contributed by atoms with Gasteiger partial charge in [0.2, 0.25) is 5.91 Å². The number of hydrogen-bond donors (Lipinski definition) is 3. The molecule has 3 N–H and O–H groups in total. The molecule has 2 aliphatic rings. The third-order valence-electron chi connectivity index (χ3n) is 4.67. The van der Waals surface area contributed by atoms with E-state index in [2.05, 4.69) is 17.6 Å². The number of aliphatic hydroxyl groups excluding tert-OH is 1. The number of piperidine rings is 1. The number of halogens is 1. The van der Waals surface area contributed by atoms with Gasteiger partial charge in [-0.1, -0.05) is 19.3 Å². The van der Waals surface area contributed by atoms with Gasteiger partial charge in [0.05, 0.1) is 6.10 Å². The number of amides is 1. The van der Waals surface area contributed by atoms with Crippen molar-refractivity contribution >= 4 is 18.3 Å². The normalized spacial score (nSPS) is 29.3. The maximum Gasteiger partial charge on any atom is 0.223 e. The average Bonchev–Trinajstić information content (AvgIpc) is 2.45. The van der Waals surface area contributed by atoms with Crippen LogP contribution in [0, 0.1) is 11.8 Å². The Morgan fingerprint density at radius 1 is 1.30 bits per heavy atom. The summed E-state index contributed by atoms with van der Waals surface area (Å²) in [6.45, 7) is 3.47. The zero-order valence-electron chi connectivity index (χ0n) is 12.4. The molecular weight excluding hydrogens is 276 g/mol. The van der Waals surface area contributed by atoms with E-state index in [1.165, 1.54) is 19.3 Å². The third kappa shape index (κ3) is 5.23. The number of rotatable bonds is 4. The maximum atomic E-state index is 12.1. The van der Waals surface area contributed by atoms with E-state index in [1.54, 1.807) is 0 Å². The first-order valence-electron chi connectivity index (χ1n) is 7.86. The summed E-state index contributed by atoms with van der Waals surface area (Å²) in [4.78, 5) is 12.1. The predicted octanol–water partition coefficient (Wildman–Crippen LogP) is 1.85. The number of hydrogen-bond acceptors (Lipinski definition) is 3. The first-order chi connectivity index (χ1) is 9.16. The minimum Gasteiger partial charge on any atom is -0.391 e. The second-order valence-corrected chi connectivity index (χ2v) is 6.29. The second-order valence-electron chi connectivity index (χ2n) is 6.29. The van der Waals surface area contributed by atoms with Crippen LogP contribution in [-0.2, 0) is 4.79 Å². The molecule has 1 unspecified atom stereocenters. The van der Waals surface area contributed by atoms with Crippen LogP contribution >= 0.6 is 12.4 Å². The van der Waals surface area contributed by atoms with Crippen molar-refractivity contribution in [3.8, 4) is 0 Å². The topological polar surface area (TPSA) is 61.4 Å². The molecule has 1 amide bonds. The fourth-order valence-corrected chi connectivity index (χ4v) is 3.41. The highest BCUT2D eigenvalue weighted by Crippen LogP contribution is 2.26. The Kier molecular flexibility index (Phi) is 7.85. The molecular formula is C15H29ClN2O2. The van der Waals surface area contributed by atoms with Crippen LogP contribution in [0.2, 0.25) is 0 Å². The molecule has 3 atom stereocenters. The van der Waals surface area contributed by atoms with Crippen molar-refractivity contribution in [2.24, 2.45) is 11.8 Å². The average molecular weight is 305 g/mol. The fraction of sp³-hybridized carbons (Fsp3) is 0.933. The van der Waals surface area contributed by atoms with Gasteiger partial charge in [-0.3, -0.25) is 4.79 Å². The summed E-state index contributed by atoms with van der Waals surface area (Å²) >= 11 is 0. The van der Waals surface area contributed by atoms with Crippen molar-refractivity contribution in [2.75, 3.05) is 13.1 Å². The summed E-state index contributed by atoms with van der Waals surface area (Å²) in [6.07, 6.45) is 7.43. The summed E-state index contributed by atoms with van der Waals surface area (Å²) in [5.41, 5.74) is 0. The van der Waals surface area contributed by atoms with Crippen LogP contribution in [0.3, 0.4) is 0 Å². The van der Waals surface area contributed by atoms with Crippen LogP contribution < -0.4 is 10.6 Å². The number of nitrogens with one attached hydrogen (secondary N) is 2. The Morgan fingerprint density at radius 2 is 2.00 bits per heavy atom. The molecule has 2 fully saturated rings. The Bertz CT molecular complexity index is 296. The van der Waals surface area contributed by atoms with Crippen LogP contribution in [0.4, 0.5) is 0 Å². The summed E-state index contributed by atoms with van der Waals surface area (Å²) in [5.74, 6) is 0.638. The highest BCUT2D eigenvalue weighted by Gasteiger charge is 2.26. The Balaban J connectivity index is 0.00000200. The SMILES string of the molecule is C[C@H]1C[C@@H](C(=O)NCC(O)C2CCCCC2)CCN1.Cl. The van der Waals surface area contributed by atoms with Crippen molar-refractivity contribution in [3.05, 3.63) is 0 Å². The summed E-state index contributed by atoms with van der Waals surface area (Å²) < 4.78 is 0. The minimum atomic E-state index is -0.358. The highest BCUT2D eigenvalue weighted by molar-refractivity contribution is 5.85. The fourth-order valence-electron chi connectivity index (χ4n) is 3.41. The Hall–Kier alpha value is -0.320. The first-order valence-corrected chi connectivity index (χ1v) is 7.86. The van der Waals surface area contributed by atoms with Gasteiger partial charge in [-0.2, -0.15) is 0 Å². The molecule has 1 heterocycles. The molecule has 1 saturated carbocycles. The van der Waals surface area contributed by atoms with E-state index in [0.717, 1.165) is 32.2 Å². The van der Waals surface area contributed by atoms with E-state index < -0.39 is 0 Å². The lowest BCUT2D eigenvalue weighted by Gasteiger charge is -2.29. The Morgan fingerprint density at radius 3 is 2.65 bits per heavy atom. The van der Waals surface area contributed by atoms with Crippen molar-refractivity contribution in [2.45, 2.75) is 64.0 Å².